The van der Waals surface area contributed by atoms with Gasteiger partial charge in [0.25, 0.3) is 10.1 Å². The highest BCUT2D eigenvalue weighted by atomic mass is 32.2. The van der Waals surface area contributed by atoms with Crippen LogP contribution in [-0.4, -0.2) is 18.9 Å². The third-order valence-electron chi connectivity index (χ3n) is 2.49. The molecule has 93 valence electrons. The fourth-order valence-corrected chi connectivity index (χ4v) is 2.28. The molecule has 0 bridgehead atoms. The van der Waals surface area contributed by atoms with Gasteiger partial charge in [-0.15, -0.1) is 0 Å². The van der Waals surface area contributed by atoms with Crippen molar-refractivity contribution in [1.82, 2.24) is 0 Å². The van der Waals surface area contributed by atoms with E-state index in [1.54, 1.807) is 0 Å². The summed E-state index contributed by atoms with van der Waals surface area (Å²) in [6, 6.07) is 6.45. The number of fused-ring (bicyclic) bond motifs is 1. The summed E-state index contributed by atoms with van der Waals surface area (Å²) >= 11 is 0. The molecule has 1 radical (unpaired) electrons. The Bertz CT molecular complexity index is 751. The van der Waals surface area contributed by atoms with E-state index < -0.39 is 26.7 Å². The number of amides is 1. The standard InChI is InChI=1S/C11H8NO5S/c12-11(14)7-3-1-2-6-4-9(13)10(5-8(6)7)18(15,16)17/h1-5H,(H2,12,14)(H,15,16,17). The van der Waals surface area contributed by atoms with E-state index in [1.165, 1.54) is 18.2 Å². The molecule has 0 aliphatic rings. The molecule has 0 aromatic heterocycles. The predicted molar refractivity (Wildman–Crippen MR) is 62.4 cm³/mol. The minimum atomic E-state index is -4.63. The number of hydrogen-bond donors (Lipinski definition) is 2. The average molecular weight is 266 g/mol. The van der Waals surface area contributed by atoms with Gasteiger partial charge >= 0.3 is 0 Å². The summed E-state index contributed by atoms with van der Waals surface area (Å²) in [4.78, 5) is 10.4. The Kier molecular flexibility index (Phi) is 2.72. The Morgan fingerprint density at radius 2 is 1.89 bits per heavy atom. The van der Waals surface area contributed by atoms with Gasteiger partial charge in [-0.2, -0.15) is 8.42 Å². The Balaban J connectivity index is 2.92. The SMILES string of the molecule is NC(=O)c1cccc2cc([O])c(S(=O)(=O)O)cc12. The summed E-state index contributed by atoms with van der Waals surface area (Å²) < 4.78 is 31.0. The maximum atomic E-state index is 11.5. The van der Waals surface area contributed by atoms with E-state index in [2.05, 4.69) is 0 Å². The van der Waals surface area contributed by atoms with Gasteiger partial charge in [-0.1, -0.05) is 12.1 Å². The quantitative estimate of drug-likeness (QED) is 0.797. The number of rotatable bonds is 2. The molecule has 7 heteroatoms. The molecule has 0 spiro atoms. The van der Waals surface area contributed by atoms with Gasteiger partial charge in [-0.3, -0.25) is 14.5 Å². The normalized spacial score (nSPS) is 11.6. The molecular weight excluding hydrogens is 258 g/mol. The van der Waals surface area contributed by atoms with Crippen LogP contribution in [0.25, 0.3) is 10.8 Å². The van der Waals surface area contributed by atoms with Gasteiger partial charge in [-0.25, -0.2) is 0 Å². The number of nitrogens with two attached hydrogens (primary N) is 1. The molecule has 0 aliphatic heterocycles. The highest BCUT2D eigenvalue weighted by Crippen LogP contribution is 2.30. The lowest BCUT2D eigenvalue weighted by molar-refractivity contribution is 0.100. The molecule has 0 fully saturated rings. The van der Waals surface area contributed by atoms with E-state index in [4.69, 9.17) is 10.3 Å². The largest absolute Gasteiger partial charge is 0.366 e. The molecule has 1 amide bonds. The van der Waals surface area contributed by atoms with Gasteiger partial charge in [0.05, 0.1) is 0 Å². The second-order valence-corrected chi connectivity index (χ2v) is 5.05. The van der Waals surface area contributed by atoms with Crippen molar-refractivity contribution in [2.24, 2.45) is 5.73 Å². The first-order valence-corrected chi connectivity index (χ1v) is 6.26. The highest BCUT2D eigenvalue weighted by molar-refractivity contribution is 7.86. The van der Waals surface area contributed by atoms with Gasteiger partial charge in [0.1, 0.15) is 4.90 Å². The number of carbonyl (C=O) groups excluding carboxylic acids is 1. The third-order valence-corrected chi connectivity index (χ3v) is 3.36. The molecular formula is C11H8NO5S. The van der Waals surface area contributed by atoms with Crippen molar-refractivity contribution in [2.45, 2.75) is 4.90 Å². The molecule has 0 aliphatic carbocycles. The van der Waals surface area contributed by atoms with Crippen LogP contribution >= 0.6 is 0 Å². The molecule has 0 atom stereocenters. The van der Waals surface area contributed by atoms with E-state index >= 15 is 0 Å². The second kappa shape index (κ2) is 3.97. The smallest absolute Gasteiger partial charge is 0.298 e. The zero-order valence-electron chi connectivity index (χ0n) is 8.95. The average Bonchev–Trinajstić information content (AvgIpc) is 2.25. The lowest BCUT2D eigenvalue weighted by Gasteiger charge is -2.05. The van der Waals surface area contributed by atoms with Crippen LogP contribution < -0.4 is 5.73 Å². The zero-order valence-corrected chi connectivity index (χ0v) is 9.77. The van der Waals surface area contributed by atoms with Gasteiger partial charge < -0.3 is 5.73 Å². The number of carbonyl (C=O) groups is 1. The van der Waals surface area contributed by atoms with Crippen LogP contribution in [0.4, 0.5) is 0 Å². The summed E-state index contributed by atoms with van der Waals surface area (Å²) in [5.74, 6) is -1.59. The van der Waals surface area contributed by atoms with Crippen molar-refractivity contribution in [3.05, 3.63) is 35.9 Å². The summed E-state index contributed by atoms with van der Waals surface area (Å²) in [5, 5.41) is 12.1. The molecule has 0 unspecified atom stereocenters. The summed E-state index contributed by atoms with van der Waals surface area (Å²) in [6.07, 6.45) is 0. The minimum Gasteiger partial charge on any atom is -0.366 e. The number of benzene rings is 2. The predicted octanol–water partition coefficient (Wildman–Crippen LogP) is 1.33. The molecule has 0 saturated carbocycles. The molecule has 18 heavy (non-hydrogen) atoms. The van der Waals surface area contributed by atoms with E-state index in [0.29, 0.717) is 5.39 Å². The fourth-order valence-electron chi connectivity index (χ4n) is 1.70. The molecule has 6 nitrogen and oxygen atoms in total. The lowest BCUT2D eigenvalue weighted by atomic mass is 10.0. The van der Waals surface area contributed by atoms with Gasteiger partial charge in [0.2, 0.25) is 5.91 Å². The highest BCUT2D eigenvalue weighted by Gasteiger charge is 2.19. The minimum absolute atomic E-state index is 0.0809. The van der Waals surface area contributed by atoms with Gasteiger partial charge in [-0.05, 0) is 29.0 Å². The molecule has 0 heterocycles. The Morgan fingerprint density at radius 1 is 1.22 bits per heavy atom. The van der Waals surface area contributed by atoms with Crippen LogP contribution in [0.2, 0.25) is 0 Å². The Hall–Kier alpha value is -2.12. The van der Waals surface area contributed by atoms with Crippen LogP contribution in [0.3, 0.4) is 0 Å². The molecule has 0 saturated heterocycles. The van der Waals surface area contributed by atoms with E-state index in [-0.39, 0.29) is 10.9 Å². The summed E-state index contributed by atoms with van der Waals surface area (Å²) in [7, 11) is -4.63. The Labute approximate surface area is 102 Å². The van der Waals surface area contributed by atoms with Crippen molar-refractivity contribution in [3.8, 4) is 5.75 Å². The summed E-state index contributed by atoms with van der Waals surface area (Å²) in [6.45, 7) is 0. The number of primary amides is 1. The zero-order chi connectivity index (χ0) is 13.5. The van der Waals surface area contributed by atoms with Crippen LogP contribution in [0.5, 0.6) is 5.75 Å². The van der Waals surface area contributed by atoms with E-state index in [0.717, 1.165) is 12.1 Å². The van der Waals surface area contributed by atoms with Crippen LogP contribution in [0.15, 0.2) is 35.2 Å². The van der Waals surface area contributed by atoms with Crippen LogP contribution in [0, 0.1) is 0 Å². The molecule has 2 rings (SSSR count). The van der Waals surface area contributed by atoms with Crippen molar-refractivity contribution in [2.75, 3.05) is 0 Å². The van der Waals surface area contributed by atoms with Gasteiger partial charge in [0.15, 0.2) is 5.75 Å². The number of hydrogen-bond acceptors (Lipinski definition) is 3. The maximum Gasteiger partial charge on any atom is 0.298 e. The van der Waals surface area contributed by atoms with Crippen molar-refractivity contribution in [1.29, 1.82) is 0 Å². The monoisotopic (exact) mass is 266 g/mol. The lowest BCUT2D eigenvalue weighted by Crippen LogP contribution is -2.11. The van der Waals surface area contributed by atoms with Crippen LogP contribution in [0.1, 0.15) is 10.4 Å². The van der Waals surface area contributed by atoms with E-state index in [9.17, 15) is 18.3 Å². The topological polar surface area (TPSA) is 117 Å². The maximum absolute atomic E-state index is 11.5. The molecule has 2 aromatic rings. The van der Waals surface area contributed by atoms with Crippen molar-refractivity contribution >= 4 is 26.8 Å². The van der Waals surface area contributed by atoms with Gasteiger partial charge in [0, 0.05) is 5.56 Å². The fraction of sp³-hybridized carbons (Fsp3) is 0. The van der Waals surface area contributed by atoms with Crippen molar-refractivity contribution < 1.29 is 22.9 Å². The summed E-state index contributed by atoms with van der Waals surface area (Å²) in [5.41, 5.74) is 5.23. The second-order valence-electron chi connectivity index (χ2n) is 3.66. The van der Waals surface area contributed by atoms with Crippen LogP contribution in [-0.2, 0) is 15.2 Å². The molecule has 3 N–H and O–H groups in total. The molecule has 2 aromatic carbocycles. The first kappa shape index (κ1) is 12.3. The first-order valence-electron chi connectivity index (χ1n) is 4.82. The Morgan fingerprint density at radius 3 is 2.44 bits per heavy atom. The third kappa shape index (κ3) is 2.01. The first-order chi connectivity index (χ1) is 8.30. The van der Waals surface area contributed by atoms with Crippen molar-refractivity contribution in [3.63, 3.8) is 0 Å². The van der Waals surface area contributed by atoms with E-state index in [1.807, 2.05) is 0 Å².